The fourth-order valence-electron chi connectivity index (χ4n) is 2.24. The van der Waals surface area contributed by atoms with Gasteiger partial charge in [0.25, 0.3) is 0 Å². The van der Waals surface area contributed by atoms with Crippen molar-refractivity contribution in [3.8, 4) is 5.75 Å². The fourth-order valence-corrected chi connectivity index (χ4v) is 3.85. The molecule has 0 saturated heterocycles. The number of aryl methyl sites for hydroxylation is 1. The number of nitrogens with two attached hydrogens (primary N) is 1. The van der Waals surface area contributed by atoms with Crippen molar-refractivity contribution in [2.45, 2.75) is 25.5 Å². The molecule has 0 bridgehead atoms. The van der Waals surface area contributed by atoms with Crippen molar-refractivity contribution in [1.82, 2.24) is 0 Å². The van der Waals surface area contributed by atoms with Crippen LogP contribution < -0.4 is 10.5 Å². The molecule has 1 aliphatic heterocycles. The van der Waals surface area contributed by atoms with Gasteiger partial charge in [0, 0.05) is 20.6 Å². The molecule has 2 aromatic rings. The van der Waals surface area contributed by atoms with Crippen molar-refractivity contribution in [1.29, 1.82) is 0 Å². The van der Waals surface area contributed by atoms with Crippen LogP contribution in [0.5, 0.6) is 5.75 Å². The maximum atomic E-state index is 6.33. The van der Waals surface area contributed by atoms with Crippen molar-refractivity contribution >= 4 is 27.3 Å². The molecule has 0 fully saturated rings. The summed E-state index contributed by atoms with van der Waals surface area (Å²) in [6, 6.07) is 10.2. The zero-order chi connectivity index (χ0) is 12.7. The molecule has 0 aliphatic carbocycles. The molecule has 2 unspecified atom stereocenters. The predicted molar refractivity (Wildman–Crippen MR) is 78.2 cm³/mol. The van der Waals surface area contributed by atoms with Crippen molar-refractivity contribution in [3.05, 3.63) is 50.1 Å². The van der Waals surface area contributed by atoms with E-state index in [0.29, 0.717) is 0 Å². The van der Waals surface area contributed by atoms with E-state index in [0.717, 1.165) is 16.6 Å². The van der Waals surface area contributed by atoms with E-state index < -0.39 is 0 Å². The Labute approximate surface area is 119 Å². The van der Waals surface area contributed by atoms with E-state index in [1.54, 1.807) is 11.3 Å². The van der Waals surface area contributed by atoms with Crippen LogP contribution >= 0.6 is 27.3 Å². The molecule has 2 atom stereocenters. The number of para-hydroxylation sites is 1. The molecule has 4 heteroatoms. The van der Waals surface area contributed by atoms with Gasteiger partial charge < -0.3 is 10.5 Å². The number of fused-ring (bicyclic) bond motifs is 1. The van der Waals surface area contributed by atoms with E-state index in [4.69, 9.17) is 10.5 Å². The number of benzene rings is 1. The Balaban J connectivity index is 1.82. The number of ether oxygens (including phenoxy) is 1. The number of thiophene rings is 1. The highest BCUT2D eigenvalue weighted by atomic mass is 79.9. The summed E-state index contributed by atoms with van der Waals surface area (Å²) in [5.41, 5.74) is 7.58. The lowest BCUT2D eigenvalue weighted by molar-refractivity contribution is 0.201. The summed E-state index contributed by atoms with van der Waals surface area (Å²) in [4.78, 5) is 2.44. The molecule has 18 heavy (non-hydrogen) atoms. The third kappa shape index (κ3) is 2.09. The zero-order valence-corrected chi connectivity index (χ0v) is 12.4. The van der Waals surface area contributed by atoms with Gasteiger partial charge in [0.2, 0.25) is 0 Å². The molecule has 1 aromatic carbocycles. The Bertz CT molecular complexity index is 536. The Morgan fingerprint density at radius 2 is 2.22 bits per heavy atom. The minimum atomic E-state index is -0.0626. The van der Waals surface area contributed by atoms with Gasteiger partial charge in [-0.15, -0.1) is 11.3 Å². The van der Waals surface area contributed by atoms with Crippen LogP contribution in [0.3, 0.4) is 0 Å². The lowest BCUT2D eigenvalue weighted by Crippen LogP contribution is -2.29. The molecule has 2 nitrogen and oxygen atoms in total. The van der Waals surface area contributed by atoms with E-state index in [1.807, 2.05) is 18.2 Å². The van der Waals surface area contributed by atoms with Gasteiger partial charge in [-0.05, 0) is 40.5 Å². The van der Waals surface area contributed by atoms with Crippen LogP contribution in [0.4, 0.5) is 0 Å². The van der Waals surface area contributed by atoms with Gasteiger partial charge in [-0.2, -0.15) is 0 Å². The van der Waals surface area contributed by atoms with E-state index in [-0.39, 0.29) is 12.1 Å². The normalized spacial score (nSPS) is 19.4. The van der Waals surface area contributed by atoms with Gasteiger partial charge in [0.1, 0.15) is 11.9 Å². The van der Waals surface area contributed by atoms with Crippen molar-refractivity contribution in [2.75, 3.05) is 0 Å². The Hall–Kier alpha value is -0.840. The summed E-state index contributed by atoms with van der Waals surface area (Å²) < 4.78 is 7.07. The smallest absolute Gasteiger partial charge is 0.123 e. The molecule has 3 rings (SSSR count). The van der Waals surface area contributed by atoms with Crippen LogP contribution in [0, 0.1) is 6.92 Å². The lowest BCUT2D eigenvalue weighted by Gasteiger charge is -2.17. The topological polar surface area (TPSA) is 35.2 Å². The average molecular weight is 324 g/mol. The summed E-state index contributed by atoms with van der Waals surface area (Å²) in [7, 11) is 0. The van der Waals surface area contributed by atoms with Gasteiger partial charge in [-0.25, -0.2) is 0 Å². The summed E-state index contributed by atoms with van der Waals surface area (Å²) in [6.07, 6.45) is 0.943. The van der Waals surface area contributed by atoms with Crippen LogP contribution in [0.1, 0.15) is 21.4 Å². The Morgan fingerprint density at radius 3 is 2.89 bits per heavy atom. The molecule has 2 N–H and O–H groups in total. The zero-order valence-electron chi connectivity index (χ0n) is 10.0. The van der Waals surface area contributed by atoms with Gasteiger partial charge in [0.05, 0.1) is 6.04 Å². The quantitative estimate of drug-likeness (QED) is 0.911. The number of hydrogen-bond donors (Lipinski definition) is 1. The number of halogens is 1. The largest absolute Gasteiger partial charge is 0.488 e. The van der Waals surface area contributed by atoms with Gasteiger partial charge in [-0.1, -0.05) is 18.2 Å². The van der Waals surface area contributed by atoms with Crippen LogP contribution in [0.15, 0.2) is 34.8 Å². The summed E-state index contributed by atoms with van der Waals surface area (Å²) in [5.74, 6) is 0.977. The molecular weight excluding hydrogens is 310 g/mol. The van der Waals surface area contributed by atoms with E-state index in [9.17, 15) is 0 Å². The van der Waals surface area contributed by atoms with E-state index in [1.165, 1.54) is 15.3 Å². The monoisotopic (exact) mass is 323 g/mol. The first-order valence-corrected chi connectivity index (χ1v) is 7.52. The Kier molecular flexibility index (Phi) is 3.18. The average Bonchev–Trinajstić information content (AvgIpc) is 2.93. The second-order valence-corrected chi connectivity index (χ2v) is 6.69. The highest BCUT2D eigenvalue weighted by molar-refractivity contribution is 9.10. The van der Waals surface area contributed by atoms with Crippen LogP contribution in [-0.2, 0) is 6.42 Å². The highest BCUT2D eigenvalue weighted by Crippen LogP contribution is 2.36. The molecular formula is C14H14BrNOS. The molecule has 0 amide bonds. The first-order valence-electron chi connectivity index (χ1n) is 5.91. The molecule has 1 aliphatic rings. The Morgan fingerprint density at radius 1 is 1.44 bits per heavy atom. The SMILES string of the molecule is Cc1sc(C(N)C2Cc3ccccc3O2)cc1Br. The second kappa shape index (κ2) is 4.68. The number of rotatable bonds is 2. The molecule has 94 valence electrons. The maximum Gasteiger partial charge on any atom is 0.123 e. The van der Waals surface area contributed by atoms with Crippen molar-refractivity contribution in [3.63, 3.8) is 0 Å². The predicted octanol–water partition coefficient (Wildman–Crippen LogP) is 3.82. The maximum absolute atomic E-state index is 6.33. The van der Waals surface area contributed by atoms with Crippen LogP contribution in [0.2, 0.25) is 0 Å². The van der Waals surface area contributed by atoms with Crippen molar-refractivity contribution in [2.24, 2.45) is 5.73 Å². The minimum Gasteiger partial charge on any atom is -0.488 e. The van der Waals surface area contributed by atoms with Gasteiger partial charge in [0.15, 0.2) is 0 Å². The standard InChI is InChI=1S/C14H14BrNOS/c1-8-10(15)7-13(18-8)14(16)12-6-9-4-2-3-5-11(9)17-12/h2-5,7,12,14H,6,16H2,1H3. The fraction of sp³-hybridized carbons (Fsp3) is 0.286. The van der Waals surface area contributed by atoms with Crippen LogP contribution in [-0.4, -0.2) is 6.10 Å². The third-order valence-electron chi connectivity index (χ3n) is 3.28. The van der Waals surface area contributed by atoms with Gasteiger partial charge in [-0.3, -0.25) is 0 Å². The first kappa shape index (κ1) is 12.2. The first-order chi connectivity index (χ1) is 8.65. The minimum absolute atomic E-state index is 0.0485. The summed E-state index contributed by atoms with van der Waals surface area (Å²) in [6.45, 7) is 2.09. The van der Waals surface area contributed by atoms with Crippen LogP contribution in [0.25, 0.3) is 0 Å². The molecule has 2 heterocycles. The van der Waals surface area contributed by atoms with E-state index >= 15 is 0 Å². The summed E-state index contributed by atoms with van der Waals surface area (Å²) >= 11 is 5.27. The lowest BCUT2D eigenvalue weighted by atomic mass is 10.0. The number of hydrogen-bond acceptors (Lipinski definition) is 3. The highest BCUT2D eigenvalue weighted by Gasteiger charge is 2.29. The molecule has 0 spiro atoms. The molecule has 0 radical (unpaired) electrons. The van der Waals surface area contributed by atoms with Gasteiger partial charge >= 0.3 is 0 Å². The molecule has 0 saturated carbocycles. The van der Waals surface area contributed by atoms with E-state index in [2.05, 4.69) is 35.0 Å². The molecule has 1 aromatic heterocycles. The second-order valence-electron chi connectivity index (χ2n) is 4.55. The summed E-state index contributed by atoms with van der Waals surface area (Å²) in [5, 5.41) is 0. The van der Waals surface area contributed by atoms with Crippen molar-refractivity contribution < 1.29 is 4.74 Å². The third-order valence-corrected chi connectivity index (χ3v) is 5.52.